The summed E-state index contributed by atoms with van der Waals surface area (Å²) in [5, 5.41) is 0.702. The highest BCUT2D eigenvalue weighted by molar-refractivity contribution is 5.89. The highest BCUT2D eigenvalue weighted by Gasteiger charge is 2.18. The first-order valence-corrected chi connectivity index (χ1v) is 8.97. The van der Waals surface area contributed by atoms with Gasteiger partial charge in [0.25, 0.3) is 0 Å². The molecule has 5 aromatic rings. The molecule has 0 spiro atoms. The third-order valence-electron chi connectivity index (χ3n) is 4.86. The number of fused-ring (bicyclic) bond motifs is 2. The lowest BCUT2D eigenvalue weighted by molar-refractivity contribution is 0.415. The maximum atomic E-state index is 14.8. The van der Waals surface area contributed by atoms with E-state index in [1.165, 1.54) is 6.07 Å². The molecular weight excluding hydrogens is 369 g/mol. The molecule has 0 aliphatic heterocycles. The number of hydrogen-bond donors (Lipinski definition) is 1. The molecule has 0 fully saturated rings. The van der Waals surface area contributed by atoms with Crippen LogP contribution in [0.2, 0.25) is 0 Å². The second-order valence-corrected chi connectivity index (χ2v) is 6.58. The van der Waals surface area contributed by atoms with Crippen molar-refractivity contribution in [1.82, 2.24) is 19.4 Å². The number of halogens is 1. The lowest BCUT2D eigenvalue weighted by atomic mass is 10.0. The topological polar surface area (TPSA) is 78.3 Å². The average molecular weight is 385 g/mol. The molecule has 6 nitrogen and oxygen atoms in total. The summed E-state index contributed by atoms with van der Waals surface area (Å²) in [6, 6.07) is 14.5. The fourth-order valence-electron chi connectivity index (χ4n) is 3.52. The first-order valence-electron chi connectivity index (χ1n) is 8.97. The molecular formula is C22H16FN5O. The van der Waals surface area contributed by atoms with E-state index in [0.717, 1.165) is 11.3 Å². The summed E-state index contributed by atoms with van der Waals surface area (Å²) in [4.78, 5) is 13.0. The Hall–Kier alpha value is -4.00. The molecule has 3 aromatic heterocycles. The van der Waals surface area contributed by atoms with Gasteiger partial charge in [-0.1, -0.05) is 6.07 Å². The van der Waals surface area contributed by atoms with Crippen LogP contribution in [0, 0.1) is 5.82 Å². The second kappa shape index (κ2) is 6.56. The number of nitrogen functional groups attached to an aromatic ring is 1. The van der Waals surface area contributed by atoms with Crippen molar-refractivity contribution in [3.05, 3.63) is 72.9 Å². The molecule has 2 aromatic carbocycles. The van der Waals surface area contributed by atoms with Gasteiger partial charge in [0, 0.05) is 35.1 Å². The second-order valence-electron chi connectivity index (χ2n) is 6.58. The first kappa shape index (κ1) is 17.1. The number of pyridine rings is 1. The minimum atomic E-state index is -0.399. The molecule has 0 aliphatic carbocycles. The molecule has 7 heteroatoms. The van der Waals surface area contributed by atoms with E-state index in [4.69, 9.17) is 10.5 Å². The van der Waals surface area contributed by atoms with E-state index in [1.807, 2.05) is 40.8 Å². The zero-order valence-corrected chi connectivity index (χ0v) is 15.5. The van der Waals surface area contributed by atoms with Crippen LogP contribution in [0.15, 0.2) is 67.1 Å². The summed E-state index contributed by atoms with van der Waals surface area (Å²) in [5.41, 5.74) is 9.81. The number of ether oxygens (including phenoxy) is 1. The van der Waals surface area contributed by atoms with Crippen molar-refractivity contribution in [3.8, 4) is 28.3 Å². The monoisotopic (exact) mass is 385 g/mol. The maximum absolute atomic E-state index is 14.8. The van der Waals surface area contributed by atoms with Crippen molar-refractivity contribution < 1.29 is 9.13 Å². The quantitative estimate of drug-likeness (QED) is 0.500. The number of benzene rings is 2. The average Bonchev–Trinajstić information content (AvgIpc) is 3.24. The Morgan fingerprint density at radius 2 is 1.83 bits per heavy atom. The first-order chi connectivity index (χ1) is 14.2. The van der Waals surface area contributed by atoms with Crippen LogP contribution in [-0.2, 0) is 0 Å². The fourth-order valence-corrected chi connectivity index (χ4v) is 3.52. The van der Waals surface area contributed by atoms with E-state index < -0.39 is 5.82 Å². The van der Waals surface area contributed by atoms with Crippen LogP contribution in [-0.4, -0.2) is 26.5 Å². The highest BCUT2D eigenvalue weighted by atomic mass is 19.1. The van der Waals surface area contributed by atoms with Crippen LogP contribution in [0.5, 0.6) is 5.75 Å². The normalized spacial score (nSPS) is 11.2. The largest absolute Gasteiger partial charge is 0.497 e. The standard InChI is InChI=1S/C22H16FN5O/c1-29-16-6-4-13(5-7-16)19-20(28-10-9-26-22(28)21(24)27-19)15-11-14-3-2-8-25-18(14)17(23)12-15/h2-12H,1H3,(H2,24,27). The Labute approximate surface area is 165 Å². The lowest BCUT2D eigenvalue weighted by Gasteiger charge is -2.15. The van der Waals surface area contributed by atoms with Crippen molar-refractivity contribution in [2.75, 3.05) is 12.8 Å². The summed E-state index contributed by atoms with van der Waals surface area (Å²) in [6.07, 6.45) is 5.02. The van der Waals surface area contributed by atoms with Crippen LogP contribution in [0.1, 0.15) is 0 Å². The van der Waals surface area contributed by atoms with Crippen LogP contribution < -0.4 is 10.5 Å². The number of anilines is 1. The van der Waals surface area contributed by atoms with E-state index >= 15 is 0 Å². The van der Waals surface area contributed by atoms with E-state index in [1.54, 1.807) is 31.8 Å². The Morgan fingerprint density at radius 1 is 1.00 bits per heavy atom. The van der Waals surface area contributed by atoms with Crippen molar-refractivity contribution in [3.63, 3.8) is 0 Å². The van der Waals surface area contributed by atoms with Gasteiger partial charge in [0.1, 0.15) is 17.1 Å². The summed E-state index contributed by atoms with van der Waals surface area (Å²) < 4.78 is 21.9. The Kier molecular flexibility index (Phi) is 3.87. The fraction of sp³-hybridized carbons (Fsp3) is 0.0455. The highest BCUT2D eigenvalue weighted by Crippen LogP contribution is 2.35. The molecule has 29 heavy (non-hydrogen) atoms. The van der Waals surface area contributed by atoms with E-state index in [9.17, 15) is 4.39 Å². The Morgan fingerprint density at radius 3 is 2.62 bits per heavy atom. The minimum Gasteiger partial charge on any atom is -0.497 e. The van der Waals surface area contributed by atoms with Crippen molar-refractivity contribution in [2.24, 2.45) is 0 Å². The number of hydrogen-bond acceptors (Lipinski definition) is 5. The third-order valence-corrected chi connectivity index (χ3v) is 4.86. The molecule has 0 atom stereocenters. The van der Waals surface area contributed by atoms with Gasteiger partial charge in [0.2, 0.25) is 0 Å². The molecule has 0 amide bonds. The van der Waals surface area contributed by atoms with Crippen LogP contribution in [0.3, 0.4) is 0 Å². The van der Waals surface area contributed by atoms with Gasteiger partial charge < -0.3 is 10.5 Å². The van der Waals surface area contributed by atoms with Crippen molar-refractivity contribution in [1.29, 1.82) is 0 Å². The molecule has 0 bridgehead atoms. The molecule has 0 saturated carbocycles. The van der Waals surface area contributed by atoms with Crippen LogP contribution >= 0.6 is 0 Å². The van der Waals surface area contributed by atoms with Crippen molar-refractivity contribution in [2.45, 2.75) is 0 Å². The van der Waals surface area contributed by atoms with Crippen LogP contribution in [0.25, 0.3) is 39.1 Å². The number of rotatable bonds is 3. The zero-order valence-electron chi connectivity index (χ0n) is 15.5. The van der Waals surface area contributed by atoms with Gasteiger partial charge in [-0.05, 0) is 42.5 Å². The molecule has 0 radical (unpaired) electrons. The molecule has 0 aliphatic rings. The molecule has 3 heterocycles. The molecule has 2 N–H and O–H groups in total. The third kappa shape index (κ3) is 2.75. The maximum Gasteiger partial charge on any atom is 0.180 e. The van der Waals surface area contributed by atoms with E-state index in [0.29, 0.717) is 39.3 Å². The summed E-state index contributed by atoms with van der Waals surface area (Å²) in [5.74, 6) is 0.631. The molecule has 5 rings (SSSR count). The smallest absolute Gasteiger partial charge is 0.180 e. The number of methoxy groups -OCH3 is 1. The molecule has 0 unspecified atom stereocenters. The van der Waals surface area contributed by atoms with E-state index in [2.05, 4.69) is 15.0 Å². The Bertz CT molecular complexity index is 1360. The SMILES string of the molecule is COc1ccc(-c2nc(N)c3nccn3c2-c2cc(F)c3ncccc3c2)cc1. The predicted octanol–water partition coefficient (Wildman–Crippen LogP) is 4.34. The Balaban J connectivity index is 1.84. The lowest BCUT2D eigenvalue weighted by Crippen LogP contribution is -2.04. The minimum absolute atomic E-state index is 0.299. The molecule has 0 saturated heterocycles. The van der Waals surface area contributed by atoms with Crippen molar-refractivity contribution >= 4 is 22.4 Å². The number of nitrogens with zero attached hydrogens (tertiary/aromatic N) is 4. The van der Waals surface area contributed by atoms with Gasteiger partial charge in [-0.2, -0.15) is 0 Å². The summed E-state index contributed by atoms with van der Waals surface area (Å²) >= 11 is 0. The number of imidazole rings is 1. The number of nitrogens with two attached hydrogens (primary N) is 1. The summed E-state index contributed by atoms with van der Waals surface area (Å²) in [6.45, 7) is 0. The van der Waals surface area contributed by atoms with Gasteiger partial charge in [-0.3, -0.25) is 9.38 Å². The molecule has 142 valence electrons. The predicted molar refractivity (Wildman–Crippen MR) is 110 cm³/mol. The zero-order chi connectivity index (χ0) is 20.0. The van der Waals surface area contributed by atoms with Crippen LogP contribution in [0.4, 0.5) is 10.2 Å². The number of aromatic nitrogens is 4. The van der Waals surface area contributed by atoms with E-state index in [-0.39, 0.29) is 0 Å². The summed E-state index contributed by atoms with van der Waals surface area (Å²) in [7, 11) is 1.61. The van der Waals surface area contributed by atoms with Gasteiger partial charge in [-0.25, -0.2) is 14.4 Å². The van der Waals surface area contributed by atoms with Gasteiger partial charge in [0.05, 0.1) is 18.5 Å². The van der Waals surface area contributed by atoms with Gasteiger partial charge in [0.15, 0.2) is 11.5 Å². The van der Waals surface area contributed by atoms with Gasteiger partial charge in [-0.15, -0.1) is 0 Å². The van der Waals surface area contributed by atoms with Gasteiger partial charge >= 0.3 is 0 Å².